The number of carbonyl (C=O) groups is 1. The summed E-state index contributed by atoms with van der Waals surface area (Å²) in [6.07, 6.45) is 1.39. The number of fused-ring (bicyclic) bond motifs is 1. The number of halogens is 1. The summed E-state index contributed by atoms with van der Waals surface area (Å²) in [5.41, 5.74) is 1.07. The lowest BCUT2D eigenvalue weighted by molar-refractivity contribution is -0.107. The van der Waals surface area contributed by atoms with Crippen molar-refractivity contribution >= 4 is 39.3 Å². The van der Waals surface area contributed by atoms with E-state index in [1.54, 1.807) is 11.3 Å². The van der Waals surface area contributed by atoms with E-state index in [-0.39, 0.29) is 0 Å². The highest BCUT2D eigenvalue weighted by atomic mass is 35.5. The first-order valence-electron chi connectivity index (χ1n) is 3.90. The van der Waals surface area contributed by atoms with Crippen LogP contribution >= 0.6 is 22.9 Å². The normalized spacial score (nSPS) is 10.5. The topological polar surface area (TPSA) is 17.1 Å². The molecule has 0 amide bonds. The number of rotatable bonds is 2. The van der Waals surface area contributed by atoms with Crippen molar-refractivity contribution in [1.29, 1.82) is 0 Å². The van der Waals surface area contributed by atoms with E-state index in [0.29, 0.717) is 6.42 Å². The quantitative estimate of drug-likeness (QED) is 0.696. The second kappa shape index (κ2) is 3.48. The minimum absolute atomic E-state index is 0.473. The summed E-state index contributed by atoms with van der Waals surface area (Å²) in [5.74, 6) is 0. The Morgan fingerprint density at radius 1 is 1.46 bits per heavy atom. The maximum atomic E-state index is 10.4. The Balaban J connectivity index is 2.64. The Morgan fingerprint density at radius 3 is 3.08 bits per heavy atom. The zero-order chi connectivity index (χ0) is 9.26. The van der Waals surface area contributed by atoms with Crippen molar-refractivity contribution in [2.75, 3.05) is 0 Å². The second-order valence-electron chi connectivity index (χ2n) is 2.77. The van der Waals surface area contributed by atoms with Gasteiger partial charge in [-0.25, -0.2) is 0 Å². The SMILES string of the molecule is O=CCc1csc2ccc(Cl)cc12. The summed E-state index contributed by atoms with van der Waals surface area (Å²) in [5, 5.41) is 3.83. The maximum absolute atomic E-state index is 10.4. The van der Waals surface area contributed by atoms with Crippen LogP contribution in [0.25, 0.3) is 10.1 Å². The van der Waals surface area contributed by atoms with Gasteiger partial charge in [0.15, 0.2) is 0 Å². The average Bonchev–Trinajstić information content (AvgIpc) is 2.49. The standard InChI is InChI=1S/C10H7ClOS/c11-8-1-2-10-9(5-8)7(3-4-12)6-13-10/h1-2,4-6H,3H2. The summed E-state index contributed by atoms with van der Waals surface area (Å²) < 4.78 is 1.18. The van der Waals surface area contributed by atoms with E-state index in [2.05, 4.69) is 0 Å². The Hall–Kier alpha value is -0.860. The van der Waals surface area contributed by atoms with Gasteiger partial charge in [0.05, 0.1) is 0 Å². The van der Waals surface area contributed by atoms with Crippen LogP contribution in [0.15, 0.2) is 23.6 Å². The lowest BCUT2D eigenvalue weighted by atomic mass is 10.1. The Labute approximate surface area is 84.9 Å². The minimum Gasteiger partial charge on any atom is -0.303 e. The van der Waals surface area contributed by atoms with Gasteiger partial charge in [-0.15, -0.1) is 11.3 Å². The molecule has 0 radical (unpaired) electrons. The van der Waals surface area contributed by atoms with E-state index >= 15 is 0 Å². The van der Waals surface area contributed by atoms with Gasteiger partial charge in [0.25, 0.3) is 0 Å². The lowest BCUT2D eigenvalue weighted by Gasteiger charge is -1.93. The van der Waals surface area contributed by atoms with E-state index in [1.165, 1.54) is 4.70 Å². The molecule has 1 aromatic carbocycles. The predicted molar refractivity (Wildman–Crippen MR) is 56.6 cm³/mol. The van der Waals surface area contributed by atoms with Crippen LogP contribution in [0.4, 0.5) is 0 Å². The molecular formula is C10H7ClOS. The van der Waals surface area contributed by atoms with Crippen molar-refractivity contribution in [3.63, 3.8) is 0 Å². The number of hydrogen-bond donors (Lipinski definition) is 0. The van der Waals surface area contributed by atoms with Crippen LogP contribution in [0.2, 0.25) is 5.02 Å². The second-order valence-corrected chi connectivity index (χ2v) is 4.12. The molecule has 0 fully saturated rings. The molecule has 1 nitrogen and oxygen atoms in total. The third kappa shape index (κ3) is 1.60. The highest BCUT2D eigenvalue weighted by Crippen LogP contribution is 2.28. The molecule has 3 heteroatoms. The molecule has 0 aliphatic heterocycles. The summed E-state index contributed by atoms with van der Waals surface area (Å²) >= 11 is 7.51. The third-order valence-electron chi connectivity index (χ3n) is 1.92. The first-order valence-corrected chi connectivity index (χ1v) is 5.16. The fraction of sp³-hybridized carbons (Fsp3) is 0.100. The molecule has 0 aliphatic rings. The van der Waals surface area contributed by atoms with Gasteiger partial charge in [-0.05, 0) is 34.5 Å². The van der Waals surface area contributed by atoms with Crippen molar-refractivity contribution in [2.45, 2.75) is 6.42 Å². The number of thiophene rings is 1. The molecule has 13 heavy (non-hydrogen) atoms. The molecule has 0 bridgehead atoms. The Bertz CT molecular complexity index is 447. The zero-order valence-corrected chi connectivity index (χ0v) is 8.36. The van der Waals surface area contributed by atoms with Crippen molar-refractivity contribution < 1.29 is 4.79 Å². The molecule has 0 saturated carbocycles. The van der Waals surface area contributed by atoms with Gasteiger partial charge in [-0.2, -0.15) is 0 Å². The highest BCUT2D eigenvalue weighted by molar-refractivity contribution is 7.17. The molecule has 0 spiro atoms. The van der Waals surface area contributed by atoms with Gasteiger partial charge in [0.2, 0.25) is 0 Å². The van der Waals surface area contributed by atoms with Gasteiger partial charge in [-0.3, -0.25) is 0 Å². The number of benzene rings is 1. The molecule has 1 aromatic heterocycles. The van der Waals surface area contributed by atoms with Crippen LogP contribution < -0.4 is 0 Å². The van der Waals surface area contributed by atoms with Gasteiger partial charge in [-0.1, -0.05) is 11.6 Å². The van der Waals surface area contributed by atoms with E-state index in [9.17, 15) is 4.79 Å². The van der Waals surface area contributed by atoms with Crippen molar-refractivity contribution in [2.24, 2.45) is 0 Å². The molecule has 2 aromatic rings. The summed E-state index contributed by atoms with van der Waals surface area (Å²) in [4.78, 5) is 10.4. The van der Waals surface area contributed by atoms with E-state index in [0.717, 1.165) is 22.3 Å². The van der Waals surface area contributed by atoms with Crippen LogP contribution in [0, 0.1) is 0 Å². The Kier molecular flexibility index (Phi) is 2.34. The highest BCUT2D eigenvalue weighted by Gasteiger charge is 2.03. The minimum atomic E-state index is 0.473. The molecule has 0 aliphatic carbocycles. The molecule has 0 N–H and O–H groups in total. The van der Waals surface area contributed by atoms with Crippen LogP contribution in [-0.2, 0) is 11.2 Å². The molecule has 0 saturated heterocycles. The van der Waals surface area contributed by atoms with E-state index in [4.69, 9.17) is 11.6 Å². The molecule has 0 unspecified atom stereocenters. The van der Waals surface area contributed by atoms with Crippen molar-refractivity contribution in [3.8, 4) is 0 Å². The fourth-order valence-corrected chi connectivity index (χ4v) is 2.43. The smallest absolute Gasteiger partial charge is 0.124 e. The molecular weight excluding hydrogens is 204 g/mol. The molecule has 66 valence electrons. The number of carbonyl (C=O) groups excluding carboxylic acids is 1. The average molecular weight is 211 g/mol. The predicted octanol–water partition coefficient (Wildman–Crippen LogP) is 3.30. The van der Waals surface area contributed by atoms with Gasteiger partial charge >= 0.3 is 0 Å². The number of aldehydes is 1. The van der Waals surface area contributed by atoms with Crippen LogP contribution in [-0.4, -0.2) is 6.29 Å². The van der Waals surface area contributed by atoms with Crippen LogP contribution in [0.3, 0.4) is 0 Å². The molecule has 1 heterocycles. The first kappa shape index (κ1) is 8.73. The van der Waals surface area contributed by atoms with Gasteiger partial charge < -0.3 is 4.79 Å². The van der Waals surface area contributed by atoms with Crippen LogP contribution in [0.5, 0.6) is 0 Å². The maximum Gasteiger partial charge on any atom is 0.124 e. The summed E-state index contributed by atoms with van der Waals surface area (Å²) in [6.45, 7) is 0. The zero-order valence-electron chi connectivity index (χ0n) is 6.79. The van der Waals surface area contributed by atoms with E-state index in [1.807, 2.05) is 23.6 Å². The van der Waals surface area contributed by atoms with E-state index < -0.39 is 0 Å². The van der Waals surface area contributed by atoms with Crippen molar-refractivity contribution in [3.05, 3.63) is 34.2 Å². The fourth-order valence-electron chi connectivity index (χ4n) is 1.30. The monoisotopic (exact) mass is 210 g/mol. The first-order chi connectivity index (χ1) is 6.31. The summed E-state index contributed by atoms with van der Waals surface area (Å²) in [7, 11) is 0. The summed E-state index contributed by atoms with van der Waals surface area (Å²) in [6, 6.07) is 5.76. The van der Waals surface area contributed by atoms with Gasteiger partial charge in [0, 0.05) is 16.1 Å². The Morgan fingerprint density at radius 2 is 2.31 bits per heavy atom. The molecule has 2 rings (SSSR count). The van der Waals surface area contributed by atoms with Crippen molar-refractivity contribution in [1.82, 2.24) is 0 Å². The van der Waals surface area contributed by atoms with Crippen LogP contribution in [0.1, 0.15) is 5.56 Å². The van der Waals surface area contributed by atoms with Gasteiger partial charge in [0.1, 0.15) is 6.29 Å². The molecule has 0 atom stereocenters. The largest absolute Gasteiger partial charge is 0.303 e. The lowest BCUT2D eigenvalue weighted by Crippen LogP contribution is -1.81. The number of hydrogen-bond acceptors (Lipinski definition) is 2. The third-order valence-corrected chi connectivity index (χ3v) is 3.17.